The van der Waals surface area contributed by atoms with Gasteiger partial charge in [-0.1, -0.05) is 12.1 Å². The lowest BCUT2D eigenvalue weighted by Crippen LogP contribution is -2.14. The molecule has 0 aliphatic heterocycles. The van der Waals surface area contributed by atoms with Crippen LogP contribution in [0, 0.1) is 11.2 Å². The van der Waals surface area contributed by atoms with Gasteiger partial charge in [0, 0.05) is 0 Å². The molecule has 0 amide bonds. The second-order valence-electron chi connectivity index (χ2n) is 2.75. The third-order valence-corrected chi connectivity index (χ3v) is 1.73. The lowest BCUT2D eigenvalue weighted by atomic mass is 10.1. The van der Waals surface area contributed by atoms with Crippen LogP contribution in [0.2, 0.25) is 0 Å². The van der Waals surface area contributed by atoms with Crippen LogP contribution >= 0.6 is 0 Å². The fourth-order valence-corrected chi connectivity index (χ4v) is 1.03. The van der Waals surface area contributed by atoms with Crippen molar-refractivity contribution in [3.05, 3.63) is 35.6 Å². The van der Waals surface area contributed by atoms with Gasteiger partial charge in [-0.15, -0.1) is 0 Å². The van der Waals surface area contributed by atoms with E-state index in [9.17, 15) is 9.50 Å². The van der Waals surface area contributed by atoms with Crippen LogP contribution in [0.5, 0.6) is 0 Å². The number of nitrogens with one attached hydrogen (secondary N) is 1. The maximum atomic E-state index is 12.5. The van der Waals surface area contributed by atoms with Crippen LogP contribution in [0.3, 0.4) is 0 Å². The van der Waals surface area contributed by atoms with Gasteiger partial charge in [0.25, 0.3) is 0 Å². The average molecular weight is 197 g/mol. The summed E-state index contributed by atoms with van der Waals surface area (Å²) < 4.78 is 17.4. The van der Waals surface area contributed by atoms with Crippen LogP contribution in [0.1, 0.15) is 18.6 Å². The van der Waals surface area contributed by atoms with E-state index in [2.05, 4.69) is 0 Å². The highest BCUT2D eigenvalue weighted by Crippen LogP contribution is 2.14. The van der Waals surface area contributed by atoms with Gasteiger partial charge in [-0.3, -0.25) is 5.41 Å². The summed E-state index contributed by atoms with van der Waals surface area (Å²) in [4.78, 5) is 0. The Kier molecular flexibility index (Phi) is 3.59. The molecule has 0 aliphatic carbocycles. The minimum Gasteiger partial charge on any atom is -0.479 e. The van der Waals surface area contributed by atoms with Crippen molar-refractivity contribution >= 4 is 5.90 Å². The van der Waals surface area contributed by atoms with Gasteiger partial charge in [-0.05, 0) is 24.6 Å². The molecule has 1 atom stereocenters. The number of rotatable bonds is 3. The fraction of sp³-hybridized carbons (Fsp3) is 0.300. The summed E-state index contributed by atoms with van der Waals surface area (Å²) in [6.07, 6.45) is -1.12. The minimum absolute atomic E-state index is 0.223. The normalized spacial score (nSPS) is 12.2. The molecule has 0 heterocycles. The van der Waals surface area contributed by atoms with E-state index in [0.29, 0.717) is 12.2 Å². The topological polar surface area (TPSA) is 53.3 Å². The Morgan fingerprint density at radius 1 is 1.50 bits per heavy atom. The highest BCUT2D eigenvalue weighted by Gasteiger charge is 2.14. The number of hydrogen-bond acceptors (Lipinski definition) is 3. The molecule has 0 saturated carbocycles. The van der Waals surface area contributed by atoms with E-state index in [0.717, 1.165) is 0 Å². The molecule has 0 bridgehead atoms. The molecule has 1 rings (SSSR count). The van der Waals surface area contributed by atoms with Crippen molar-refractivity contribution in [2.75, 3.05) is 6.61 Å². The van der Waals surface area contributed by atoms with E-state index in [-0.39, 0.29) is 11.7 Å². The van der Waals surface area contributed by atoms with E-state index < -0.39 is 6.10 Å². The van der Waals surface area contributed by atoms with Crippen LogP contribution in [-0.2, 0) is 4.74 Å². The molecule has 1 aromatic rings. The zero-order valence-corrected chi connectivity index (χ0v) is 7.83. The molecule has 0 aliphatic rings. The van der Waals surface area contributed by atoms with Crippen LogP contribution in [0.25, 0.3) is 0 Å². The zero-order valence-electron chi connectivity index (χ0n) is 7.83. The van der Waals surface area contributed by atoms with Crippen molar-refractivity contribution in [1.82, 2.24) is 0 Å². The van der Waals surface area contributed by atoms with Gasteiger partial charge in [0.15, 0.2) is 6.10 Å². The average Bonchev–Trinajstić information content (AvgIpc) is 2.18. The van der Waals surface area contributed by atoms with Gasteiger partial charge in [0.05, 0.1) is 6.61 Å². The first-order valence-electron chi connectivity index (χ1n) is 4.30. The first-order valence-corrected chi connectivity index (χ1v) is 4.30. The quantitative estimate of drug-likeness (QED) is 0.574. The van der Waals surface area contributed by atoms with Crippen molar-refractivity contribution in [1.29, 1.82) is 5.41 Å². The van der Waals surface area contributed by atoms with E-state index >= 15 is 0 Å². The van der Waals surface area contributed by atoms with E-state index in [4.69, 9.17) is 10.1 Å². The SMILES string of the molecule is CCOC(=N)[C@@H](O)c1ccc(F)cc1. The second-order valence-corrected chi connectivity index (χ2v) is 2.75. The predicted octanol–water partition coefficient (Wildman–Crippen LogP) is 1.87. The molecular formula is C10H12FNO2. The van der Waals surface area contributed by atoms with E-state index in [1.165, 1.54) is 24.3 Å². The van der Waals surface area contributed by atoms with Crippen molar-refractivity contribution in [3.63, 3.8) is 0 Å². The van der Waals surface area contributed by atoms with Crippen LogP contribution in [0.4, 0.5) is 4.39 Å². The van der Waals surface area contributed by atoms with Gasteiger partial charge < -0.3 is 9.84 Å². The Morgan fingerprint density at radius 2 is 2.07 bits per heavy atom. The van der Waals surface area contributed by atoms with Crippen molar-refractivity contribution in [2.45, 2.75) is 13.0 Å². The monoisotopic (exact) mass is 197 g/mol. The van der Waals surface area contributed by atoms with E-state index in [1.54, 1.807) is 6.92 Å². The molecule has 14 heavy (non-hydrogen) atoms. The lowest BCUT2D eigenvalue weighted by molar-refractivity contribution is 0.190. The Morgan fingerprint density at radius 3 is 2.57 bits per heavy atom. The van der Waals surface area contributed by atoms with Crippen molar-refractivity contribution < 1.29 is 14.2 Å². The summed E-state index contributed by atoms with van der Waals surface area (Å²) in [5.41, 5.74) is 0.449. The number of hydrogen-bond donors (Lipinski definition) is 2. The lowest BCUT2D eigenvalue weighted by Gasteiger charge is -2.12. The summed E-state index contributed by atoms with van der Waals surface area (Å²) in [6, 6.07) is 5.32. The number of benzene rings is 1. The standard InChI is InChI=1S/C10H12FNO2/c1-2-14-10(12)9(13)7-3-5-8(11)6-4-7/h3-6,9,12-13H,2H2,1H3/t9-/m0/s1. The summed E-state index contributed by atoms with van der Waals surface area (Å²) in [6.45, 7) is 2.06. The minimum atomic E-state index is -1.12. The summed E-state index contributed by atoms with van der Waals surface area (Å²) >= 11 is 0. The molecule has 0 aromatic heterocycles. The fourth-order valence-electron chi connectivity index (χ4n) is 1.03. The van der Waals surface area contributed by atoms with Crippen molar-refractivity contribution in [3.8, 4) is 0 Å². The number of ether oxygens (including phenoxy) is 1. The van der Waals surface area contributed by atoms with E-state index in [1.807, 2.05) is 0 Å². The van der Waals surface area contributed by atoms with Gasteiger partial charge in [-0.2, -0.15) is 0 Å². The first kappa shape index (κ1) is 10.7. The van der Waals surface area contributed by atoms with Gasteiger partial charge in [0.1, 0.15) is 5.82 Å². The molecule has 2 N–H and O–H groups in total. The Labute approximate surface area is 81.6 Å². The highest BCUT2D eigenvalue weighted by atomic mass is 19.1. The zero-order chi connectivity index (χ0) is 10.6. The summed E-state index contributed by atoms with van der Waals surface area (Å²) in [5.74, 6) is -0.594. The summed E-state index contributed by atoms with van der Waals surface area (Å²) in [5, 5.41) is 16.9. The third kappa shape index (κ3) is 2.53. The maximum Gasteiger partial charge on any atom is 0.214 e. The van der Waals surface area contributed by atoms with Gasteiger partial charge >= 0.3 is 0 Å². The maximum absolute atomic E-state index is 12.5. The Hall–Kier alpha value is -1.42. The Balaban J connectivity index is 2.73. The van der Waals surface area contributed by atoms with Crippen molar-refractivity contribution in [2.24, 2.45) is 0 Å². The van der Waals surface area contributed by atoms with Gasteiger partial charge in [-0.25, -0.2) is 4.39 Å². The molecule has 76 valence electrons. The largest absolute Gasteiger partial charge is 0.479 e. The summed E-state index contributed by atoms with van der Waals surface area (Å²) in [7, 11) is 0. The molecule has 0 unspecified atom stereocenters. The van der Waals surface area contributed by atoms with Crippen LogP contribution in [0.15, 0.2) is 24.3 Å². The number of aliphatic hydroxyl groups excluding tert-OH is 1. The molecular weight excluding hydrogens is 185 g/mol. The Bertz CT molecular complexity index is 310. The first-order chi connectivity index (χ1) is 6.65. The molecule has 0 spiro atoms. The number of halogens is 1. The van der Waals surface area contributed by atoms with Crippen LogP contribution < -0.4 is 0 Å². The highest BCUT2D eigenvalue weighted by molar-refractivity contribution is 5.78. The molecule has 0 saturated heterocycles. The molecule has 1 aromatic carbocycles. The molecule has 0 fully saturated rings. The molecule has 3 nitrogen and oxygen atoms in total. The molecule has 0 radical (unpaired) electrons. The number of aliphatic hydroxyl groups is 1. The van der Waals surface area contributed by atoms with Crippen LogP contribution in [-0.4, -0.2) is 17.6 Å². The molecule has 4 heteroatoms. The third-order valence-electron chi connectivity index (χ3n) is 1.73. The van der Waals surface area contributed by atoms with Gasteiger partial charge in [0.2, 0.25) is 5.90 Å². The predicted molar refractivity (Wildman–Crippen MR) is 50.7 cm³/mol. The smallest absolute Gasteiger partial charge is 0.214 e. The second kappa shape index (κ2) is 4.72.